The van der Waals surface area contributed by atoms with Crippen molar-refractivity contribution in [2.45, 2.75) is 65.1 Å². The van der Waals surface area contributed by atoms with Crippen LogP contribution in [0.5, 0.6) is 0 Å². The van der Waals surface area contributed by atoms with E-state index in [0.717, 1.165) is 5.69 Å². The van der Waals surface area contributed by atoms with Gasteiger partial charge in [-0.1, -0.05) is 32.0 Å². The van der Waals surface area contributed by atoms with Gasteiger partial charge in [0, 0.05) is 12.6 Å². The topological polar surface area (TPSA) is 93.5 Å². The average molecular weight is 402 g/mol. The van der Waals surface area contributed by atoms with Gasteiger partial charge in [0.15, 0.2) is 0 Å². The maximum absolute atomic E-state index is 12.8. The first kappa shape index (κ1) is 22.6. The van der Waals surface area contributed by atoms with Crippen LogP contribution in [-0.2, 0) is 20.7 Å². The van der Waals surface area contributed by atoms with Gasteiger partial charge in [-0.15, -0.1) is 0 Å². The first-order valence-corrected chi connectivity index (χ1v) is 9.87. The molecule has 0 aliphatic carbocycles. The van der Waals surface area contributed by atoms with Crippen molar-refractivity contribution in [3.63, 3.8) is 0 Å². The summed E-state index contributed by atoms with van der Waals surface area (Å²) in [5.74, 6) is -1.30. The van der Waals surface area contributed by atoms with E-state index in [1.165, 1.54) is 0 Å². The highest BCUT2D eigenvalue weighted by atomic mass is 16.6. The highest BCUT2D eigenvalue weighted by Crippen LogP contribution is 2.14. The number of benzene rings is 1. The monoisotopic (exact) mass is 401 g/mol. The largest absolute Gasteiger partial charge is 0.480 e. The van der Waals surface area contributed by atoms with Gasteiger partial charge in [-0.05, 0) is 51.3 Å². The van der Waals surface area contributed by atoms with Crippen molar-refractivity contribution in [3.05, 3.63) is 48.3 Å². The number of carboxylic acids is 1. The smallest absolute Gasteiger partial charge is 0.324 e. The summed E-state index contributed by atoms with van der Waals surface area (Å²) in [5, 5.41) is 17.1. The van der Waals surface area contributed by atoms with Crippen LogP contribution >= 0.6 is 0 Å². The first-order valence-electron chi connectivity index (χ1n) is 9.87. The SMILES string of the molecule is CC(C)C[C@H](N[C@@H](Cc1ccn(-c2ccccc2)n1)C(=O)OC(C)(C)C)C(=O)O. The number of para-hydroxylation sites is 1. The minimum atomic E-state index is -0.984. The summed E-state index contributed by atoms with van der Waals surface area (Å²) < 4.78 is 7.25. The molecule has 0 amide bonds. The predicted octanol–water partition coefficient (Wildman–Crippen LogP) is 3.21. The van der Waals surface area contributed by atoms with Crippen LogP contribution in [0.4, 0.5) is 0 Å². The molecular weight excluding hydrogens is 370 g/mol. The fourth-order valence-electron chi connectivity index (χ4n) is 2.94. The van der Waals surface area contributed by atoms with Crippen LogP contribution in [0.3, 0.4) is 0 Å². The fourth-order valence-corrected chi connectivity index (χ4v) is 2.94. The summed E-state index contributed by atoms with van der Waals surface area (Å²) in [6, 6.07) is 9.81. The third kappa shape index (κ3) is 7.34. The Morgan fingerprint density at radius 1 is 1.14 bits per heavy atom. The van der Waals surface area contributed by atoms with Gasteiger partial charge in [-0.25, -0.2) is 4.68 Å². The zero-order valence-corrected chi connectivity index (χ0v) is 17.8. The van der Waals surface area contributed by atoms with Gasteiger partial charge in [0.05, 0.1) is 11.4 Å². The zero-order valence-electron chi connectivity index (χ0n) is 17.8. The molecule has 2 N–H and O–H groups in total. The average Bonchev–Trinajstić information content (AvgIpc) is 3.08. The minimum absolute atomic E-state index is 0.167. The summed E-state index contributed by atoms with van der Waals surface area (Å²) in [6.07, 6.45) is 2.46. The molecule has 0 saturated carbocycles. The standard InChI is InChI=1S/C22H31N3O4/c1-15(2)13-18(20(26)27)23-19(21(28)29-22(3,4)5)14-16-11-12-25(24-16)17-9-7-6-8-10-17/h6-12,15,18-19,23H,13-14H2,1-5H3,(H,26,27)/t18-,19-/m0/s1. The lowest BCUT2D eigenvalue weighted by molar-refractivity contribution is -0.158. The Kier molecular flexibility index (Phi) is 7.56. The van der Waals surface area contributed by atoms with E-state index in [2.05, 4.69) is 10.4 Å². The molecule has 29 heavy (non-hydrogen) atoms. The number of hydrogen-bond donors (Lipinski definition) is 2. The lowest BCUT2D eigenvalue weighted by atomic mass is 10.0. The van der Waals surface area contributed by atoms with Crippen molar-refractivity contribution in [1.29, 1.82) is 0 Å². The molecule has 7 heteroatoms. The van der Waals surface area contributed by atoms with Crippen LogP contribution in [0.15, 0.2) is 42.6 Å². The number of carboxylic acid groups (broad SMARTS) is 1. The molecule has 0 aliphatic heterocycles. The van der Waals surface area contributed by atoms with Crippen molar-refractivity contribution in [1.82, 2.24) is 15.1 Å². The maximum Gasteiger partial charge on any atom is 0.324 e. The van der Waals surface area contributed by atoms with Crippen molar-refractivity contribution in [3.8, 4) is 5.69 Å². The molecule has 158 valence electrons. The molecular formula is C22H31N3O4. The summed E-state index contributed by atoms with van der Waals surface area (Å²) in [4.78, 5) is 24.5. The Morgan fingerprint density at radius 3 is 2.34 bits per heavy atom. The second kappa shape index (κ2) is 9.69. The van der Waals surface area contributed by atoms with Gasteiger partial charge >= 0.3 is 11.9 Å². The van der Waals surface area contributed by atoms with E-state index in [1.807, 2.05) is 56.4 Å². The van der Waals surface area contributed by atoms with Crippen LogP contribution in [-0.4, -0.2) is 44.5 Å². The Hall–Kier alpha value is -2.67. The van der Waals surface area contributed by atoms with Gasteiger partial charge in [0.2, 0.25) is 0 Å². The Balaban J connectivity index is 2.21. The summed E-state index contributed by atoms with van der Waals surface area (Å²) in [6.45, 7) is 9.25. The van der Waals surface area contributed by atoms with Gasteiger partial charge in [-0.3, -0.25) is 14.9 Å². The normalized spacial score (nSPS) is 13.9. The van der Waals surface area contributed by atoms with Crippen molar-refractivity contribution in [2.24, 2.45) is 5.92 Å². The van der Waals surface area contributed by atoms with Gasteiger partial charge in [0.25, 0.3) is 0 Å². The highest BCUT2D eigenvalue weighted by molar-refractivity contribution is 5.79. The predicted molar refractivity (Wildman–Crippen MR) is 111 cm³/mol. The highest BCUT2D eigenvalue weighted by Gasteiger charge is 2.31. The lowest BCUT2D eigenvalue weighted by Gasteiger charge is -2.27. The summed E-state index contributed by atoms with van der Waals surface area (Å²) in [7, 11) is 0. The van der Waals surface area contributed by atoms with E-state index >= 15 is 0 Å². The van der Waals surface area contributed by atoms with E-state index in [0.29, 0.717) is 12.1 Å². The van der Waals surface area contributed by atoms with E-state index < -0.39 is 29.6 Å². The molecule has 1 heterocycles. The molecule has 0 unspecified atom stereocenters. The molecule has 0 aliphatic rings. The third-order valence-electron chi connectivity index (χ3n) is 4.18. The second-order valence-electron chi connectivity index (χ2n) is 8.56. The van der Waals surface area contributed by atoms with E-state index in [1.54, 1.807) is 25.5 Å². The minimum Gasteiger partial charge on any atom is -0.480 e. The molecule has 1 aromatic carbocycles. The molecule has 0 radical (unpaired) electrons. The first-order chi connectivity index (χ1) is 13.5. The van der Waals surface area contributed by atoms with Crippen LogP contribution in [0.1, 0.15) is 46.7 Å². The molecule has 0 bridgehead atoms. The quantitative estimate of drug-likeness (QED) is 0.627. The van der Waals surface area contributed by atoms with Crippen LogP contribution in [0.2, 0.25) is 0 Å². The molecule has 2 atom stereocenters. The number of aliphatic carboxylic acids is 1. The lowest BCUT2D eigenvalue weighted by Crippen LogP contribution is -2.50. The van der Waals surface area contributed by atoms with Crippen LogP contribution in [0, 0.1) is 5.92 Å². The number of carbonyl (C=O) groups is 2. The molecule has 0 spiro atoms. The van der Waals surface area contributed by atoms with Crippen molar-refractivity contribution < 1.29 is 19.4 Å². The van der Waals surface area contributed by atoms with E-state index in [4.69, 9.17) is 4.74 Å². The van der Waals surface area contributed by atoms with Crippen molar-refractivity contribution in [2.75, 3.05) is 0 Å². The van der Waals surface area contributed by atoms with Gasteiger partial charge in [-0.2, -0.15) is 5.10 Å². The Bertz CT molecular complexity index is 809. The number of aromatic nitrogens is 2. The molecule has 0 fully saturated rings. The molecule has 2 rings (SSSR count). The molecule has 0 saturated heterocycles. The van der Waals surface area contributed by atoms with Crippen LogP contribution in [0.25, 0.3) is 5.69 Å². The van der Waals surface area contributed by atoms with Gasteiger partial charge < -0.3 is 9.84 Å². The number of hydrogen-bond acceptors (Lipinski definition) is 5. The van der Waals surface area contributed by atoms with Gasteiger partial charge in [0.1, 0.15) is 17.7 Å². The molecule has 2 aromatic rings. The van der Waals surface area contributed by atoms with Crippen LogP contribution < -0.4 is 5.32 Å². The van der Waals surface area contributed by atoms with Crippen molar-refractivity contribution >= 4 is 11.9 Å². The number of carbonyl (C=O) groups excluding carboxylic acids is 1. The number of esters is 1. The second-order valence-corrected chi connectivity index (χ2v) is 8.56. The number of rotatable bonds is 9. The molecule has 1 aromatic heterocycles. The van der Waals surface area contributed by atoms with E-state index in [9.17, 15) is 14.7 Å². The fraction of sp³-hybridized carbons (Fsp3) is 0.500. The third-order valence-corrected chi connectivity index (χ3v) is 4.18. The summed E-state index contributed by atoms with van der Waals surface area (Å²) >= 11 is 0. The Morgan fingerprint density at radius 2 is 1.79 bits per heavy atom. The maximum atomic E-state index is 12.8. The zero-order chi connectivity index (χ0) is 21.6. The summed E-state index contributed by atoms with van der Waals surface area (Å²) in [5.41, 5.74) is 0.909. The number of nitrogens with zero attached hydrogens (tertiary/aromatic N) is 2. The van der Waals surface area contributed by atoms with E-state index in [-0.39, 0.29) is 12.3 Å². The number of ether oxygens (including phenoxy) is 1. The Labute approximate surface area is 172 Å². The molecule has 7 nitrogen and oxygen atoms in total. The number of nitrogens with one attached hydrogen (secondary N) is 1.